The van der Waals surface area contributed by atoms with Crippen molar-refractivity contribution in [3.05, 3.63) is 0 Å². The van der Waals surface area contributed by atoms with E-state index in [1.165, 1.54) is 32.1 Å². The smallest absolute Gasteiger partial charge is 0.222 e. The number of nitrogens with one attached hydrogen (secondary N) is 1. The average Bonchev–Trinajstić information content (AvgIpc) is 2.68. The predicted molar refractivity (Wildman–Crippen MR) is 72.2 cm³/mol. The molecule has 0 bridgehead atoms. The minimum atomic E-state index is -0.707. The highest BCUT2D eigenvalue weighted by atomic mass is 16.3. The highest BCUT2D eigenvalue weighted by Crippen LogP contribution is 2.44. The van der Waals surface area contributed by atoms with Crippen molar-refractivity contribution in [2.45, 2.75) is 76.7 Å². The highest BCUT2D eigenvalue weighted by molar-refractivity contribution is 5.77. The highest BCUT2D eigenvalue weighted by Gasteiger charge is 2.37. The molecule has 0 aliphatic heterocycles. The van der Waals surface area contributed by atoms with E-state index in [-0.39, 0.29) is 5.91 Å². The van der Waals surface area contributed by atoms with Crippen molar-refractivity contribution in [2.24, 2.45) is 5.41 Å². The Hall–Kier alpha value is -0.570. The third-order valence-electron chi connectivity index (χ3n) is 4.88. The first-order valence-corrected chi connectivity index (χ1v) is 7.57. The van der Waals surface area contributed by atoms with Crippen molar-refractivity contribution in [3.63, 3.8) is 0 Å². The summed E-state index contributed by atoms with van der Waals surface area (Å²) < 4.78 is 0. The van der Waals surface area contributed by atoms with Crippen LogP contribution in [-0.2, 0) is 4.79 Å². The molecule has 104 valence electrons. The summed E-state index contributed by atoms with van der Waals surface area (Å²) in [6, 6.07) is 0. The summed E-state index contributed by atoms with van der Waals surface area (Å²) in [5.74, 6) is 0.0433. The van der Waals surface area contributed by atoms with Crippen molar-refractivity contribution >= 4 is 5.91 Å². The van der Waals surface area contributed by atoms with Crippen LogP contribution in [0.1, 0.15) is 71.1 Å². The fraction of sp³-hybridized carbons (Fsp3) is 0.933. The standard InChI is InChI=1S/C15H27NO2/c1-2-6-14(7-5-8-14)12-16-13(17)11-15(18)9-3-4-10-15/h18H,2-12H2,1H3,(H,16,17). The molecule has 2 aliphatic carbocycles. The molecule has 0 saturated heterocycles. The molecule has 0 aromatic heterocycles. The SMILES string of the molecule is CCCC1(CNC(=O)CC2(O)CCCC2)CCC1. The van der Waals surface area contributed by atoms with Gasteiger partial charge in [-0.1, -0.05) is 32.6 Å². The molecule has 0 unspecified atom stereocenters. The minimum absolute atomic E-state index is 0.0433. The van der Waals surface area contributed by atoms with Crippen molar-refractivity contribution in [1.82, 2.24) is 5.32 Å². The summed E-state index contributed by atoms with van der Waals surface area (Å²) in [5, 5.41) is 13.3. The zero-order chi connectivity index (χ0) is 13.1. The van der Waals surface area contributed by atoms with Crippen molar-refractivity contribution in [1.29, 1.82) is 0 Å². The molecule has 0 atom stereocenters. The molecule has 18 heavy (non-hydrogen) atoms. The molecule has 3 nitrogen and oxygen atoms in total. The molecule has 3 heteroatoms. The van der Waals surface area contributed by atoms with Gasteiger partial charge in [0.1, 0.15) is 0 Å². The van der Waals surface area contributed by atoms with E-state index in [9.17, 15) is 9.90 Å². The Morgan fingerprint density at radius 3 is 2.33 bits per heavy atom. The first kappa shape index (κ1) is 13.9. The third-order valence-corrected chi connectivity index (χ3v) is 4.88. The maximum Gasteiger partial charge on any atom is 0.222 e. The zero-order valence-electron chi connectivity index (χ0n) is 11.6. The van der Waals surface area contributed by atoms with Crippen LogP contribution in [0, 0.1) is 5.41 Å². The Morgan fingerprint density at radius 1 is 1.17 bits per heavy atom. The lowest BCUT2D eigenvalue weighted by Crippen LogP contribution is -2.44. The molecule has 0 aromatic carbocycles. The fourth-order valence-electron chi connectivity index (χ4n) is 3.58. The van der Waals surface area contributed by atoms with Gasteiger partial charge in [0, 0.05) is 6.54 Å². The van der Waals surface area contributed by atoms with E-state index in [1.54, 1.807) is 0 Å². The van der Waals surface area contributed by atoms with Gasteiger partial charge in [-0.05, 0) is 37.5 Å². The first-order valence-electron chi connectivity index (χ1n) is 7.57. The molecule has 2 aliphatic rings. The Morgan fingerprint density at radius 2 is 1.83 bits per heavy atom. The quantitative estimate of drug-likeness (QED) is 0.764. The van der Waals surface area contributed by atoms with Gasteiger partial charge < -0.3 is 10.4 Å². The van der Waals surface area contributed by atoms with Crippen molar-refractivity contribution in [3.8, 4) is 0 Å². The van der Waals surface area contributed by atoms with Crippen molar-refractivity contribution in [2.75, 3.05) is 6.54 Å². The van der Waals surface area contributed by atoms with E-state index in [4.69, 9.17) is 0 Å². The molecular weight excluding hydrogens is 226 g/mol. The second-order valence-electron chi connectivity index (χ2n) is 6.49. The molecule has 2 N–H and O–H groups in total. The second kappa shape index (κ2) is 5.60. The van der Waals surface area contributed by atoms with Crippen molar-refractivity contribution < 1.29 is 9.90 Å². The van der Waals surface area contributed by atoms with E-state index in [1.807, 2.05) is 0 Å². The average molecular weight is 253 g/mol. The van der Waals surface area contributed by atoms with Crippen LogP contribution in [0.2, 0.25) is 0 Å². The summed E-state index contributed by atoms with van der Waals surface area (Å²) >= 11 is 0. The molecule has 2 saturated carbocycles. The van der Waals surface area contributed by atoms with Crippen LogP contribution >= 0.6 is 0 Å². The molecule has 2 rings (SSSR count). The van der Waals surface area contributed by atoms with Gasteiger partial charge in [-0.25, -0.2) is 0 Å². The monoisotopic (exact) mass is 253 g/mol. The van der Waals surface area contributed by atoms with Gasteiger partial charge in [0.05, 0.1) is 12.0 Å². The molecule has 0 aromatic rings. The molecular formula is C15H27NO2. The number of aliphatic hydroxyl groups is 1. The van der Waals surface area contributed by atoms with Crippen LogP contribution in [-0.4, -0.2) is 23.2 Å². The van der Waals surface area contributed by atoms with Crippen LogP contribution in [0.5, 0.6) is 0 Å². The van der Waals surface area contributed by atoms with Gasteiger partial charge in [0.2, 0.25) is 5.91 Å². The number of hydrogen-bond donors (Lipinski definition) is 2. The first-order chi connectivity index (χ1) is 8.58. The number of amides is 1. The largest absolute Gasteiger partial charge is 0.389 e. The van der Waals surface area contributed by atoms with Crippen LogP contribution in [0.25, 0.3) is 0 Å². The summed E-state index contributed by atoms with van der Waals surface area (Å²) in [4.78, 5) is 11.9. The fourth-order valence-corrected chi connectivity index (χ4v) is 3.58. The summed E-state index contributed by atoms with van der Waals surface area (Å²) in [6.07, 6.45) is 10.2. The Balaban J connectivity index is 1.74. The summed E-state index contributed by atoms with van der Waals surface area (Å²) in [6.45, 7) is 3.03. The normalized spacial score (nSPS) is 24.6. The van der Waals surface area contributed by atoms with Gasteiger partial charge >= 0.3 is 0 Å². The lowest BCUT2D eigenvalue weighted by Gasteiger charge is -2.42. The van der Waals surface area contributed by atoms with E-state index < -0.39 is 5.60 Å². The Kier molecular flexibility index (Phi) is 4.31. The molecule has 0 heterocycles. The lowest BCUT2D eigenvalue weighted by atomic mass is 9.66. The Labute approximate surface area is 110 Å². The lowest BCUT2D eigenvalue weighted by molar-refractivity contribution is -0.126. The van der Waals surface area contributed by atoms with E-state index in [0.717, 1.165) is 32.2 Å². The number of rotatable bonds is 6. The number of carbonyl (C=O) groups excluding carboxylic acids is 1. The maximum absolute atomic E-state index is 11.9. The summed E-state index contributed by atoms with van der Waals surface area (Å²) in [5.41, 5.74) is -0.329. The van der Waals surface area contributed by atoms with Gasteiger partial charge in [-0.2, -0.15) is 0 Å². The van der Waals surface area contributed by atoms with Crippen LogP contribution in [0.4, 0.5) is 0 Å². The van der Waals surface area contributed by atoms with E-state index >= 15 is 0 Å². The van der Waals surface area contributed by atoms with Gasteiger partial charge in [-0.3, -0.25) is 4.79 Å². The van der Waals surface area contributed by atoms with Gasteiger partial charge in [0.25, 0.3) is 0 Å². The van der Waals surface area contributed by atoms with Crippen LogP contribution in [0.3, 0.4) is 0 Å². The number of hydrogen-bond acceptors (Lipinski definition) is 2. The predicted octanol–water partition coefficient (Wildman–Crippen LogP) is 2.77. The Bertz CT molecular complexity index is 291. The van der Waals surface area contributed by atoms with Gasteiger partial charge in [-0.15, -0.1) is 0 Å². The van der Waals surface area contributed by atoms with Gasteiger partial charge in [0.15, 0.2) is 0 Å². The summed E-state index contributed by atoms with van der Waals surface area (Å²) in [7, 11) is 0. The molecule has 0 spiro atoms. The second-order valence-corrected chi connectivity index (χ2v) is 6.49. The van der Waals surface area contributed by atoms with Crippen LogP contribution < -0.4 is 5.32 Å². The van der Waals surface area contributed by atoms with E-state index in [0.29, 0.717) is 11.8 Å². The maximum atomic E-state index is 11.9. The minimum Gasteiger partial charge on any atom is -0.389 e. The van der Waals surface area contributed by atoms with Crippen LogP contribution in [0.15, 0.2) is 0 Å². The molecule has 2 fully saturated rings. The topological polar surface area (TPSA) is 49.3 Å². The third kappa shape index (κ3) is 3.25. The number of carbonyl (C=O) groups is 1. The molecule has 1 amide bonds. The molecule has 0 radical (unpaired) electrons. The van der Waals surface area contributed by atoms with E-state index in [2.05, 4.69) is 12.2 Å². The zero-order valence-corrected chi connectivity index (χ0v) is 11.6.